The number of halogens is 1. The number of rotatable bonds is 4. The van der Waals surface area contributed by atoms with E-state index in [1.807, 2.05) is 11.6 Å². The van der Waals surface area contributed by atoms with Gasteiger partial charge in [0.15, 0.2) is 11.6 Å². The zero-order chi connectivity index (χ0) is 19.8. The molecule has 0 saturated heterocycles. The summed E-state index contributed by atoms with van der Waals surface area (Å²) in [5.41, 5.74) is 3.60. The molecule has 0 aliphatic carbocycles. The second-order valence-corrected chi connectivity index (χ2v) is 6.97. The topological polar surface area (TPSA) is 68.0 Å². The third-order valence-electron chi connectivity index (χ3n) is 5.15. The van der Waals surface area contributed by atoms with Crippen molar-refractivity contribution in [3.05, 3.63) is 47.7 Å². The van der Waals surface area contributed by atoms with Crippen LogP contribution in [0.2, 0.25) is 0 Å². The number of carbonyl (C=O) groups excluding carboxylic acids is 1. The normalized spacial score (nSPS) is 13.5. The molecule has 2 aromatic heterocycles. The van der Waals surface area contributed by atoms with E-state index in [1.54, 1.807) is 54.1 Å². The third-order valence-corrected chi connectivity index (χ3v) is 5.15. The van der Waals surface area contributed by atoms with Gasteiger partial charge in [0.25, 0.3) is 0 Å². The minimum absolute atomic E-state index is 0.0330. The molecule has 0 saturated carbocycles. The lowest BCUT2D eigenvalue weighted by Crippen LogP contribution is -2.34. The van der Waals surface area contributed by atoms with Gasteiger partial charge in [-0.3, -0.25) is 14.2 Å². The number of hydrogen-bond donors (Lipinski definition) is 1. The molecule has 8 heteroatoms. The molecule has 0 unspecified atom stereocenters. The molecule has 7 nitrogen and oxygen atoms in total. The second-order valence-electron chi connectivity index (χ2n) is 6.97. The van der Waals surface area contributed by atoms with Crippen LogP contribution in [-0.2, 0) is 31.4 Å². The van der Waals surface area contributed by atoms with Crippen LogP contribution < -0.4 is 5.32 Å². The molecule has 1 amide bonds. The first-order chi connectivity index (χ1) is 13.5. The summed E-state index contributed by atoms with van der Waals surface area (Å²) in [7, 11) is 1.80. The largest absolute Gasteiger partial charge is 0.338 e. The Balaban J connectivity index is 1.71. The predicted molar refractivity (Wildman–Crippen MR) is 105 cm³/mol. The average Bonchev–Trinajstić information content (AvgIpc) is 3.26. The summed E-state index contributed by atoms with van der Waals surface area (Å²) in [5.74, 6) is 0.283. The van der Waals surface area contributed by atoms with E-state index in [1.165, 1.54) is 0 Å². The second kappa shape index (κ2) is 7.10. The molecule has 1 aliphatic rings. The van der Waals surface area contributed by atoms with Crippen LogP contribution in [-0.4, -0.2) is 36.9 Å². The highest BCUT2D eigenvalue weighted by Gasteiger charge is 2.26. The lowest BCUT2D eigenvalue weighted by molar-refractivity contribution is -0.129. The lowest BCUT2D eigenvalue weighted by atomic mass is 10.1. The number of carbonyl (C=O) groups is 1. The molecule has 0 spiro atoms. The molecule has 1 aromatic carbocycles. The maximum atomic E-state index is 15.2. The summed E-state index contributed by atoms with van der Waals surface area (Å²) in [5, 5.41) is 11.9. The van der Waals surface area contributed by atoms with E-state index < -0.39 is 0 Å². The number of aromatic nitrogens is 4. The van der Waals surface area contributed by atoms with Crippen molar-refractivity contribution in [3.8, 4) is 11.1 Å². The highest BCUT2D eigenvalue weighted by molar-refractivity contribution is 5.75. The van der Waals surface area contributed by atoms with Crippen LogP contribution in [0.25, 0.3) is 11.1 Å². The molecule has 4 rings (SSSR count). The fourth-order valence-electron chi connectivity index (χ4n) is 3.66. The summed E-state index contributed by atoms with van der Waals surface area (Å²) in [6.07, 6.45) is 4.16. The molecular formula is C20H23FN6O. The summed E-state index contributed by atoms with van der Waals surface area (Å²) in [6, 6.07) is 5.23. The van der Waals surface area contributed by atoms with E-state index >= 15 is 4.39 Å². The van der Waals surface area contributed by atoms with Gasteiger partial charge in [-0.25, -0.2) is 4.39 Å². The van der Waals surface area contributed by atoms with E-state index in [0.717, 1.165) is 24.2 Å². The molecule has 0 bridgehead atoms. The fraction of sp³-hybridized carbons (Fsp3) is 0.350. The Hall–Kier alpha value is -3.16. The van der Waals surface area contributed by atoms with Gasteiger partial charge in [0.05, 0.1) is 18.4 Å². The van der Waals surface area contributed by atoms with Gasteiger partial charge >= 0.3 is 0 Å². The molecule has 1 N–H and O–H groups in total. The van der Waals surface area contributed by atoms with Gasteiger partial charge in [0.1, 0.15) is 0 Å². The van der Waals surface area contributed by atoms with Gasteiger partial charge in [-0.2, -0.15) is 10.2 Å². The van der Waals surface area contributed by atoms with Crippen LogP contribution in [0.3, 0.4) is 0 Å². The number of anilines is 2. The maximum Gasteiger partial charge on any atom is 0.219 e. The highest BCUT2D eigenvalue weighted by atomic mass is 19.1. The SMILES string of the molecule is CCn1nc(Nc2cccc(-c3cnn(C)c3)c2F)c2c1CCN(C(C)=O)C2. The van der Waals surface area contributed by atoms with Crippen molar-refractivity contribution in [2.75, 3.05) is 11.9 Å². The number of nitrogens with zero attached hydrogens (tertiary/aromatic N) is 5. The van der Waals surface area contributed by atoms with Crippen LogP contribution in [0.1, 0.15) is 25.1 Å². The van der Waals surface area contributed by atoms with Gasteiger partial charge < -0.3 is 10.2 Å². The molecule has 0 radical (unpaired) electrons. The first-order valence-electron chi connectivity index (χ1n) is 9.36. The van der Waals surface area contributed by atoms with E-state index in [9.17, 15) is 4.79 Å². The molecule has 0 atom stereocenters. The number of nitrogens with one attached hydrogen (secondary N) is 1. The Morgan fingerprint density at radius 2 is 2.18 bits per heavy atom. The minimum Gasteiger partial charge on any atom is -0.338 e. The van der Waals surface area contributed by atoms with E-state index in [-0.39, 0.29) is 11.7 Å². The van der Waals surface area contributed by atoms with Crippen LogP contribution >= 0.6 is 0 Å². The van der Waals surface area contributed by atoms with E-state index in [4.69, 9.17) is 0 Å². The first kappa shape index (κ1) is 18.2. The van der Waals surface area contributed by atoms with E-state index in [2.05, 4.69) is 15.5 Å². The molecule has 3 heterocycles. The molecular weight excluding hydrogens is 359 g/mol. The van der Waals surface area contributed by atoms with Crippen LogP contribution in [0, 0.1) is 5.82 Å². The fourth-order valence-corrected chi connectivity index (χ4v) is 3.66. The Bertz CT molecular complexity index is 1040. The van der Waals surface area contributed by atoms with Crippen LogP contribution in [0.15, 0.2) is 30.6 Å². The summed E-state index contributed by atoms with van der Waals surface area (Å²) >= 11 is 0. The number of fused-ring (bicyclic) bond motifs is 1. The van der Waals surface area contributed by atoms with Crippen molar-refractivity contribution < 1.29 is 9.18 Å². The number of benzene rings is 1. The number of aryl methyl sites for hydroxylation is 2. The standard InChI is InChI=1S/C20H23FN6O/c1-4-27-18-8-9-26(13(2)28)12-16(18)20(24-27)23-17-7-5-6-15(19(17)21)14-10-22-25(3)11-14/h5-7,10-11H,4,8-9,12H2,1-3H3,(H,23,24). The maximum absolute atomic E-state index is 15.2. The van der Waals surface area contributed by atoms with E-state index in [0.29, 0.717) is 35.7 Å². The Morgan fingerprint density at radius 3 is 2.86 bits per heavy atom. The molecule has 1 aliphatic heterocycles. The zero-order valence-electron chi connectivity index (χ0n) is 16.2. The van der Waals surface area contributed by atoms with Crippen LogP contribution in [0.5, 0.6) is 0 Å². The Kier molecular flexibility index (Phi) is 4.62. The highest BCUT2D eigenvalue weighted by Crippen LogP contribution is 2.32. The first-order valence-corrected chi connectivity index (χ1v) is 9.36. The summed E-state index contributed by atoms with van der Waals surface area (Å²) < 4.78 is 18.8. The van der Waals surface area contributed by atoms with Crippen molar-refractivity contribution in [2.24, 2.45) is 7.05 Å². The smallest absolute Gasteiger partial charge is 0.219 e. The quantitative estimate of drug-likeness (QED) is 0.753. The molecule has 0 fully saturated rings. The minimum atomic E-state index is -0.352. The molecule has 3 aromatic rings. The van der Waals surface area contributed by atoms with Crippen LogP contribution in [0.4, 0.5) is 15.9 Å². The number of amides is 1. The van der Waals surface area contributed by atoms with Crippen molar-refractivity contribution >= 4 is 17.4 Å². The van der Waals surface area contributed by atoms with Crippen molar-refractivity contribution in [1.82, 2.24) is 24.5 Å². The predicted octanol–water partition coefficient (Wildman–Crippen LogP) is 3.09. The zero-order valence-corrected chi connectivity index (χ0v) is 16.2. The Morgan fingerprint density at radius 1 is 1.36 bits per heavy atom. The van der Waals surface area contributed by atoms with Crippen molar-refractivity contribution in [2.45, 2.75) is 33.4 Å². The monoisotopic (exact) mass is 382 g/mol. The van der Waals surface area contributed by atoms with Gasteiger partial charge in [0.2, 0.25) is 5.91 Å². The Labute approximate surface area is 162 Å². The van der Waals surface area contributed by atoms with Crippen molar-refractivity contribution in [3.63, 3.8) is 0 Å². The van der Waals surface area contributed by atoms with Gasteiger partial charge in [-0.05, 0) is 13.0 Å². The van der Waals surface area contributed by atoms with Gasteiger partial charge in [0, 0.05) is 62.1 Å². The van der Waals surface area contributed by atoms with Gasteiger partial charge in [-0.15, -0.1) is 0 Å². The summed E-state index contributed by atoms with van der Waals surface area (Å²) in [4.78, 5) is 13.6. The molecule has 28 heavy (non-hydrogen) atoms. The summed E-state index contributed by atoms with van der Waals surface area (Å²) in [6.45, 7) is 5.48. The average molecular weight is 382 g/mol. The number of hydrogen-bond acceptors (Lipinski definition) is 4. The lowest BCUT2D eigenvalue weighted by Gasteiger charge is -2.26. The van der Waals surface area contributed by atoms with Gasteiger partial charge in [-0.1, -0.05) is 12.1 Å². The molecule has 146 valence electrons. The third kappa shape index (κ3) is 3.15. The van der Waals surface area contributed by atoms with Crippen molar-refractivity contribution in [1.29, 1.82) is 0 Å².